The summed E-state index contributed by atoms with van der Waals surface area (Å²) in [5, 5.41) is 8.09. The minimum atomic E-state index is -0.0436. The van der Waals surface area contributed by atoms with E-state index in [1.807, 2.05) is 17.0 Å². The molecule has 0 saturated carbocycles. The molecular formula is C20H24N4O. The summed E-state index contributed by atoms with van der Waals surface area (Å²) in [6, 6.07) is 10.3. The average Bonchev–Trinajstić information content (AvgIpc) is 2.61. The molecule has 0 bridgehead atoms. The summed E-state index contributed by atoms with van der Waals surface area (Å²) in [7, 11) is 0. The molecule has 130 valence electrons. The molecule has 0 spiro atoms. The molecule has 0 unspecified atom stereocenters. The molecule has 1 atom stereocenters. The van der Waals surface area contributed by atoms with Crippen molar-refractivity contribution in [1.82, 2.24) is 15.1 Å². The molecule has 2 N–H and O–H groups in total. The molecule has 2 heterocycles. The lowest BCUT2D eigenvalue weighted by molar-refractivity contribution is -0.134. The van der Waals surface area contributed by atoms with Crippen LogP contribution in [0.2, 0.25) is 0 Å². The number of carbonyl (C=O) groups is 1. The monoisotopic (exact) mass is 336 g/mol. The van der Waals surface area contributed by atoms with Crippen molar-refractivity contribution in [3.63, 3.8) is 0 Å². The van der Waals surface area contributed by atoms with Gasteiger partial charge in [-0.25, -0.2) is 0 Å². The van der Waals surface area contributed by atoms with E-state index in [0.29, 0.717) is 18.9 Å². The van der Waals surface area contributed by atoms with Crippen molar-refractivity contribution < 1.29 is 4.79 Å². The van der Waals surface area contributed by atoms with E-state index in [4.69, 9.17) is 5.73 Å². The van der Waals surface area contributed by atoms with Crippen molar-refractivity contribution in [2.24, 2.45) is 0 Å². The largest absolute Gasteiger partial charge is 0.382 e. The summed E-state index contributed by atoms with van der Waals surface area (Å²) < 4.78 is 0. The molecular weight excluding hydrogens is 312 g/mol. The van der Waals surface area contributed by atoms with Gasteiger partial charge in [0.05, 0.1) is 11.6 Å². The van der Waals surface area contributed by atoms with Crippen molar-refractivity contribution in [2.75, 3.05) is 12.3 Å². The van der Waals surface area contributed by atoms with E-state index in [0.717, 1.165) is 30.5 Å². The molecule has 5 nitrogen and oxygen atoms in total. The lowest BCUT2D eigenvalue weighted by Gasteiger charge is -2.39. The Kier molecular flexibility index (Phi) is 3.74. The predicted molar refractivity (Wildman–Crippen MR) is 97.0 cm³/mol. The summed E-state index contributed by atoms with van der Waals surface area (Å²) in [5.74, 6) is 0.597. The van der Waals surface area contributed by atoms with Crippen LogP contribution in [0, 0.1) is 0 Å². The van der Waals surface area contributed by atoms with Gasteiger partial charge in [-0.05, 0) is 41.0 Å². The first-order chi connectivity index (χ1) is 12.0. The number of nitrogens with zero attached hydrogens (tertiary/aromatic N) is 3. The third-order valence-electron chi connectivity index (χ3n) is 5.69. The Morgan fingerprint density at radius 1 is 1.28 bits per heavy atom. The summed E-state index contributed by atoms with van der Waals surface area (Å²) in [6.07, 6.45) is 2.68. The fourth-order valence-corrected chi connectivity index (χ4v) is 4.22. The van der Waals surface area contributed by atoms with Gasteiger partial charge in [0.25, 0.3) is 0 Å². The van der Waals surface area contributed by atoms with Crippen LogP contribution in [0.25, 0.3) is 0 Å². The molecule has 1 aromatic heterocycles. The molecule has 5 heteroatoms. The fourth-order valence-electron chi connectivity index (χ4n) is 4.22. The molecule has 2 aliphatic rings. The summed E-state index contributed by atoms with van der Waals surface area (Å²) in [4.78, 5) is 15.2. The molecule has 25 heavy (non-hydrogen) atoms. The van der Waals surface area contributed by atoms with E-state index in [1.165, 1.54) is 11.1 Å². The number of amides is 1. The van der Waals surface area contributed by atoms with E-state index >= 15 is 0 Å². The number of anilines is 1. The zero-order chi connectivity index (χ0) is 17.6. The molecule has 1 aromatic carbocycles. The first-order valence-corrected chi connectivity index (χ1v) is 8.95. The second-order valence-electron chi connectivity index (χ2n) is 7.81. The number of nitrogen functional groups attached to an aromatic ring is 1. The van der Waals surface area contributed by atoms with Gasteiger partial charge in [-0.15, -0.1) is 5.10 Å². The topological polar surface area (TPSA) is 72.1 Å². The Hall–Kier alpha value is -2.43. The van der Waals surface area contributed by atoms with Gasteiger partial charge in [-0.3, -0.25) is 4.79 Å². The van der Waals surface area contributed by atoms with E-state index in [9.17, 15) is 4.79 Å². The van der Waals surface area contributed by atoms with Gasteiger partial charge in [0, 0.05) is 19.5 Å². The van der Waals surface area contributed by atoms with E-state index < -0.39 is 0 Å². The van der Waals surface area contributed by atoms with Crippen LogP contribution < -0.4 is 5.73 Å². The molecule has 4 rings (SSSR count). The maximum absolute atomic E-state index is 13.3. The second kappa shape index (κ2) is 5.83. The van der Waals surface area contributed by atoms with Crippen LogP contribution in [0.15, 0.2) is 30.3 Å². The highest BCUT2D eigenvalue weighted by Gasteiger charge is 2.37. The third kappa shape index (κ3) is 2.77. The normalized spacial score (nSPS) is 21.4. The number of aromatic nitrogens is 2. The van der Waals surface area contributed by atoms with E-state index in [-0.39, 0.29) is 17.2 Å². The molecule has 0 saturated heterocycles. The van der Waals surface area contributed by atoms with Crippen molar-refractivity contribution in [1.29, 1.82) is 0 Å². The molecule has 1 aliphatic carbocycles. The zero-order valence-electron chi connectivity index (χ0n) is 14.8. The van der Waals surface area contributed by atoms with Crippen LogP contribution in [0.1, 0.15) is 55.0 Å². The predicted octanol–water partition coefficient (Wildman–Crippen LogP) is 2.80. The number of carbonyl (C=O) groups excluding carboxylic acids is 1. The summed E-state index contributed by atoms with van der Waals surface area (Å²) in [6.45, 7) is 5.82. The summed E-state index contributed by atoms with van der Waals surface area (Å²) in [5.41, 5.74) is 10.4. The lowest BCUT2D eigenvalue weighted by Crippen LogP contribution is -2.41. The molecule has 2 aromatic rings. The lowest BCUT2D eigenvalue weighted by atomic mass is 9.68. The zero-order valence-corrected chi connectivity index (χ0v) is 14.8. The Balaban J connectivity index is 1.62. The van der Waals surface area contributed by atoms with Crippen molar-refractivity contribution in [2.45, 2.75) is 51.0 Å². The van der Waals surface area contributed by atoms with Crippen LogP contribution in [-0.4, -0.2) is 27.5 Å². The number of hydrogen-bond donors (Lipinski definition) is 1. The molecule has 1 aliphatic heterocycles. The van der Waals surface area contributed by atoms with E-state index in [1.54, 1.807) is 0 Å². The van der Waals surface area contributed by atoms with Gasteiger partial charge in [0.1, 0.15) is 5.82 Å². The number of rotatable bonds is 1. The Labute approximate surface area is 148 Å². The van der Waals surface area contributed by atoms with Gasteiger partial charge >= 0.3 is 0 Å². The minimum absolute atomic E-state index is 0.0436. The number of fused-ring (bicyclic) bond motifs is 2. The smallest absolute Gasteiger partial charge is 0.230 e. The van der Waals surface area contributed by atoms with E-state index in [2.05, 4.69) is 42.2 Å². The molecule has 0 radical (unpaired) electrons. The molecule has 1 amide bonds. The van der Waals surface area contributed by atoms with Crippen molar-refractivity contribution in [3.05, 3.63) is 52.7 Å². The van der Waals surface area contributed by atoms with Gasteiger partial charge in [-0.2, -0.15) is 5.10 Å². The third-order valence-corrected chi connectivity index (χ3v) is 5.69. The first-order valence-electron chi connectivity index (χ1n) is 8.95. The maximum Gasteiger partial charge on any atom is 0.230 e. The number of nitrogens with two attached hydrogens (primary N) is 1. The Bertz CT molecular complexity index is 830. The Morgan fingerprint density at radius 2 is 2.08 bits per heavy atom. The fraction of sp³-hybridized carbons (Fsp3) is 0.450. The maximum atomic E-state index is 13.3. The van der Waals surface area contributed by atoms with Gasteiger partial charge in [0.2, 0.25) is 5.91 Å². The van der Waals surface area contributed by atoms with Gasteiger partial charge in [-0.1, -0.05) is 38.1 Å². The van der Waals surface area contributed by atoms with Crippen LogP contribution in [0.4, 0.5) is 5.82 Å². The van der Waals surface area contributed by atoms with Crippen molar-refractivity contribution in [3.8, 4) is 0 Å². The van der Waals surface area contributed by atoms with Crippen LogP contribution in [0.3, 0.4) is 0 Å². The average molecular weight is 336 g/mol. The van der Waals surface area contributed by atoms with Crippen LogP contribution in [0.5, 0.6) is 0 Å². The SMILES string of the molecule is CC1(C)CC[C@@H](C(=O)N2CCc3nnc(N)cc3C2)c2ccccc21. The first kappa shape index (κ1) is 16.1. The highest BCUT2D eigenvalue weighted by molar-refractivity contribution is 5.85. The minimum Gasteiger partial charge on any atom is -0.382 e. The quantitative estimate of drug-likeness (QED) is 0.869. The highest BCUT2D eigenvalue weighted by atomic mass is 16.2. The standard InChI is InChI=1S/C20H24N4O/c1-20(2)9-7-15(14-5-3-4-6-16(14)20)19(25)24-10-8-17-13(12-24)11-18(21)23-22-17/h3-6,11,15H,7-10,12H2,1-2H3,(H2,21,23)/t15-/m1/s1. The van der Waals surface area contributed by atoms with Gasteiger partial charge < -0.3 is 10.6 Å². The van der Waals surface area contributed by atoms with Crippen molar-refractivity contribution >= 4 is 11.7 Å². The summed E-state index contributed by atoms with van der Waals surface area (Å²) >= 11 is 0. The molecule has 0 fully saturated rings. The van der Waals surface area contributed by atoms with Crippen LogP contribution >= 0.6 is 0 Å². The number of benzene rings is 1. The van der Waals surface area contributed by atoms with Crippen LogP contribution in [-0.2, 0) is 23.2 Å². The van der Waals surface area contributed by atoms with Gasteiger partial charge in [0.15, 0.2) is 0 Å². The number of hydrogen-bond acceptors (Lipinski definition) is 4. The Morgan fingerprint density at radius 3 is 2.92 bits per heavy atom. The highest BCUT2D eigenvalue weighted by Crippen LogP contribution is 2.43. The second-order valence-corrected chi connectivity index (χ2v) is 7.81.